The average molecular weight is 778 g/mol. The van der Waals surface area contributed by atoms with Crippen LogP contribution in [-0.2, 0) is 57.1 Å². The predicted octanol–water partition coefficient (Wildman–Crippen LogP) is 4.00. The van der Waals surface area contributed by atoms with Crippen LogP contribution < -0.4 is 5.32 Å². The zero-order valence-corrected chi connectivity index (χ0v) is 35.7. The van der Waals surface area contributed by atoms with E-state index in [0.717, 1.165) is 6.42 Å². The molecule has 0 bridgehead atoms. The van der Waals surface area contributed by atoms with Gasteiger partial charge in [0.05, 0.1) is 76.1 Å². The van der Waals surface area contributed by atoms with Gasteiger partial charge in [0.1, 0.15) is 12.8 Å². The number of imide groups is 1. The predicted molar refractivity (Wildman–Crippen MR) is 205 cm³/mol. The zero-order valence-electron chi connectivity index (χ0n) is 35.7. The Bertz CT molecular complexity index is 1070. The second kappa shape index (κ2) is 25.5. The molecule has 1 heterocycles. The highest BCUT2D eigenvalue weighted by atomic mass is 16.7. The largest absolute Gasteiger partial charge is 0.379 e. The summed E-state index contributed by atoms with van der Waals surface area (Å²) in [6, 6.07) is 0. The summed E-state index contributed by atoms with van der Waals surface area (Å²) >= 11 is 0. The van der Waals surface area contributed by atoms with Gasteiger partial charge in [0.15, 0.2) is 0 Å². The molecule has 2 unspecified atom stereocenters. The Morgan fingerprint density at radius 1 is 0.796 bits per heavy atom. The number of methoxy groups -OCH3 is 1. The number of hydrogen-bond donors (Lipinski definition) is 1. The van der Waals surface area contributed by atoms with Crippen LogP contribution in [0.2, 0.25) is 0 Å². The molecule has 2 atom stereocenters. The summed E-state index contributed by atoms with van der Waals surface area (Å²) in [4.78, 5) is 43.8. The highest BCUT2D eigenvalue weighted by Gasteiger charge is 2.44. The average Bonchev–Trinajstić information content (AvgIpc) is 3.40. The fourth-order valence-corrected chi connectivity index (χ4v) is 4.99. The van der Waals surface area contributed by atoms with Gasteiger partial charge in [-0.3, -0.25) is 19.3 Å². The molecular formula is C39H75N3O12. The number of carbonyl (C=O) groups excluding carboxylic acids is 3. The van der Waals surface area contributed by atoms with Gasteiger partial charge in [-0.1, -0.05) is 20.8 Å². The Balaban J connectivity index is 2.41. The van der Waals surface area contributed by atoms with E-state index in [1.165, 1.54) is 4.90 Å². The summed E-state index contributed by atoms with van der Waals surface area (Å²) in [5.74, 6) is -0.967. The summed E-state index contributed by atoms with van der Waals surface area (Å²) in [6.07, 6.45) is 1.97. The first-order chi connectivity index (χ1) is 25.2. The van der Waals surface area contributed by atoms with Gasteiger partial charge in [0.2, 0.25) is 17.7 Å². The monoisotopic (exact) mass is 778 g/mol. The Morgan fingerprint density at radius 2 is 1.37 bits per heavy atom. The molecule has 318 valence electrons. The standard InChI is InChI=1S/C39H75N3O12/c1-36(2,3)32-26-34(44)42(35(32)45)18-14-33(43)40-17-13-19-50-27-31(28-51-23-22-48-21-16-38(6,7)54-30-41(10)47-12)52-25-24-49-20-15-37(4,5)53-29-39(8,9)46-11/h31-32H,13-30H2,1-12H3,(H,40,43). The molecule has 0 aromatic heterocycles. The van der Waals surface area contributed by atoms with Gasteiger partial charge in [0, 0.05) is 59.9 Å². The van der Waals surface area contributed by atoms with Crippen LogP contribution in [0.15, 0.2) is 0 Å². The molecular weight excluding hydrogens is 702 g/mol. The van der Waals surface area contributed by atoms with Crippen molar-refractivity contribution in [3.8, 4) is 0 Å². The molecule has 3 amide bonds. The van der Waals surface area contributed by atoms with Gasteiger partial charge in [0.25, 0.3) is 0 Å². The van der Waals surface area contributed by atoms with Crippen LogP contribution in [0.3, 0.4) is 0 Å². The lowest BCUT2D eigenvalue weighted by Crippen LogP contribution is -2.37. The Hall–Kier alpha value is -1.79. The summed E-state index contributed by atoms with van der Waals surface area (Å²) in [5, 5.41) is 4.46. The Kier molecular flexibility index (Phi) is 23.7. The maximum Gasteiger partial charge on any atom is 0.233 e. The van der Waals surface area contributed by atoms with Crippen molar-refractivity contribution in [1.29, 1.82) is 0 Å². The van der Waals surface area contributed by atoms with Crippen LogP contribution in [0, 0.1) is 11.3 Å². The van der Waals surface area contributed by atoms with E-state index in [1.807, 2.05) is 62.3 Å². The van der Waals surface area contributed by atoms with Crippen molar-refractivity contribution >= 4 is 17.7 Å². The number of rotatable bonds is 32. The molecule has 0 spiro atoms. The van der Waals surface area contributed by atoms with Crippen LogP contribution in [0.4, 0.5) is 0 Å². The minimum absolute atomic E-state index is 0.0717. The van der Waals surface area contributed by atoms with Crippen LogP contribution in [-0.4, -0.2) is 158 Å². The van der Waals surface area contributed by atoms with Crippen LogP contribution in [0.1, 0.15) is 94.4 Å². The Morgan fingerprint density at radius 3 is 1.94 bits per heavy atom. The fraction of sp³-hybridized carbons (Fsp3) is 0.923. The molecule has 1 rings (SSSR count). The number of amides is 3. The summed E-state index contributed by atoms with van der Waals surface area (Å²) in [5.41, 5.74) is -1.36. The van der Waals surface area contributed by atoms with E-state index in [-0.39, 0.29) is 71.3 Å². The van der Waals surface area contributed by atoms with Crippen LogP contribution in [0.5, 0.6) is 0 Å². The third-order valence-corrected chi connectivity index (χ3v) is 9.21. The van der Waals surface area contributed by atoms with E-state index in [9.17, 15) is 14.4 Å². The smallest absolute Gasteiger partial charge is 0.233 e. The molecule has 15 heteroatoms. The van der Waals surface area contributed by atoms with Gasteiger partial charge < -0.3 is 48.0 Å². The van der Waals surface area contributed by atoms with Crippen molar-refractivity contribution in [2.24, 2.45) is 11.3 Å². The lowest BCUT2D eigenvalue weighted by molar-refractivity contribution is -0.201. The zero-order chi connectivity index (χ0) is 40.8. The molecule has 1 saturated heterocycles. The van der Waals surface area contributed by atoms with E-state index >= 15 is 0 Å². The minimum Gasteiger partial charge on any atom is -0.379 e. The molecule has 15 nitrogen and oxygen atoms in total. The van der Waals surface area contributed by atoms with Crippen molar-refractivity contribution in [3.05, 3.63) is 0 Å². The van der Waals surface area contributed by atoms with E-state index in [1.54, 1.807) is 26.3 Å². The van der Waals surface area contributed by atoms with E-state index < -0.39 is 0 Å². The van der Waals surface area contributed by atoms with Crippen molar-refractivity contribution in [1.82, 2.24) is 15.3 Å². The first kappa shape index (κ1) is 50.2. The second-order valence-electron chi connectivity index (χ2n) is 16.7. The molecule has 0 radical (unpaired) electrons. The van der Waals surface area contributed by atoms with E-state index in [2.05, 4.69) is 5.32 Å². The summed E-state index contributed by atoms with van der Waals surface area (Å²) < 4.78 is 46.8. The normalized spacial score (nSPS) is 16.5. The van der Waals surface area contributed by atoms with Crippen molar-refractivity contribution in [3.63, 3.8) is 0 Å². The van der Waals surface area contributed by atoms with E-state index in [0.29, 0.717) is 92.2 Å². The third-order valence-electron chi connectivity index (χ3n) is 9.21. The summed E-state index contributed by atoms with van der Waals surface area (Å²) in [6.45, 7) is 23.0. The van der Waals surface area contributed by atoms with Gasteiger partial charge in [-0.2, -0.15) is 5.06 Å². The number of likely N-dealkylation sites (tertiary alicyclic amines) is 1. The molecule has 1 aliphatic rings. The fourth-order valence-electron chi connectivity index (χ4n) is 4.99. The summed E-state index contributed by atoms with van der Waals surface area (Å²) in [7, 11) is 5.08. The highest BCUT2D eigenvalue weighted by Crippen LogP contribution is 2.35. The maximum atomic E-state index is 12.7. The van der Waals surface area contributed by atoms with Crippen LogP contribution in [0.25, 0.3) is 0 Å². The molecule has 1 aliphatic heterocycles. The number of hydrogen-bond acceptors (Lipinski definition) is 13. The maximum absolute atomic E-state index is 12.7. The molecule has 0 aliphatic carbocycles. The lowest BCUT2D eigenvalue weighted by Gasteiger charge is -2.31. The molecule has 0 saturated carbocycles. The second-order valence-corrected chi connectivity index (χ2v) is 16.7. The first-order valence-electron chi connectivity index (χ1n) is 19.3. The quantitative estimate of drug-likeness (QED) is 0.0454. The third kappa shape index (κ3) is 22.7. The lowest BCUT2D eigenvalue weighted by atomic mass is 9.80. The molecule has 0 aromatic rings. The minimum atomic E-state index is -0.358. The van der Waals surface area contributed by atoms with E-state index in [4.69, 9.17) is 42.7 Å². The number of nitrogens with zero attached hydrogens (tertiary/aromatic N) is 2. The number of ether oxygens (including phenoxy) is 8. The van der Waals surface area contributed by atoms with Gasteiger partial charge in [-0.25, -0.2) is 0 Å². The number of hydroxylamine groups is 2. The van der Waals surface area contributed by atoms with Crippen molar-refractivity contribution in [2.45, 2.75) is 117 Å². The van der Waals surface area contributed by atoms with Crippen molar-refractivity contribution in [2.75, 3.05) is 107 Å². The SMILES string of the molecule is CON(C)COC(C)(C)CCOCCOCC(COCCCNC(=O)CCN1C(=O)CC(C(C)(C)C)C1=O)OCCOCCC(C)(C)OCC(C)(C)OC. The molecule has 0 aromatic carbocycles. The highest BCUT2D eigenvalue weighted by molar-refractivity contribution is 6.04. The van der Waals surface area contributed by atoms with Gasteiger partial charge in [-0.15, -0.1) is 0 Å². The first-order valence-corrected chi connectivity index (χ1v) is 19.3. The molecule has 1 fully saturated rings. The topological polar surface area (TPSA) is 153 Å². The number of nitrogens with one attached hydrogen (secondary N) is 1. The molecule has 54 heavy (non-hydrogen) atoms. The molecule has 1 N–H and O–H groups in total. The Labute approximate surface area is 325 Å². The van der Waals surface area contributed by atoms with Crippen LogP contribution >= 0.6 is 0 Å². The van der Waals surface area contributed by atoms with Gasteiger partial charge >= 0.3 is 0 Å². The van der Waals surface area contributed by atoms with Crippen molar-refractivity contribution < 1.29 is 57.1 Å². The van der Waals surface area contributed by atoms with Gasteiger partial charge in [-0.05, 0) is 66.2 Å². The number of carbonyl (C=O) groups is 3.